The smallest absolute Gasteiger partial charge is 0.309 e. The van der Waals surface area contributed by atoms with Gasteiger partial charge in [0, 0.05) is 29.2 Å². The summed E-state index contributed by atoms with van der Waals surface area (Å²) in [7, 11) is 0. The maximum absolute atomic E-state index is 11.5. The molecule has 1 aliphatic heterocycles. The standard InChI is InChI=1S/C29H40Cl3N5O2/c1-5-11-36(22-16-29(4,17-22)27(38)39)12-8-20-9-13-37(14-10-20)28-34-19(3)25(32)26(35-28)33-18(2)23-7-6-21(30)15-24(23)31/h6-7,15,18,20,22H,5,8-14,16-17H2,1-4H3,(H,38,39)(H,33,34,35)/t18-,22?,29?/m1/s1. The van der Waals surface area contributed by atoms with Crippen molar-refractivity contribution in [3.05, 3.63) is 44.5 Å². The summed E-state index contributed by atoms with van der Waals surface area (Å²) < 4.78 is 0. The molecule has 2 N–H and O–H groups in total. The summed E-state index contributed by atoms with van der Waals surface area (Å²) >= 11 is 19.1. The van der Waals surface area contributed by atoms with Crippen LogP contribution in [-0.4, -0.2) is 58.2 Å². The highest BCUT2D eigenvalue weighted by atomic mass is 35.5. The number of hydrogen-bond acceptors (Lipinski definition) is 6. The van der Waals surface area contributed by atoms with E-state index in [9.17, 15) is 9.90 Å². The summed E-state index contributed by atoms with van der Waals surface area (Å²) in [5.41, 5.74) is 1.11. The number of nitrogens with one attached hydrogen (secondary N) is 1. The van der Waals surface area contributed by atoms with Crippen LogP contribution in [0.25, 0.3) is 0 Å². The highest BCUT2D eigenvalue weighted by Gasteiger charge is 2.48. The molecule has 1 atom stereocenters. The molecule has 0 bridgehead atoms. The minimum atomic E-state index is -0.663. The van der Waals surface area contributed by atoms with Crippen LogP contribution in [0.4, 0.5) is 11.8 Å². The van der Waals surface area contributed by atoms with Gasteiger partial charge in [-0.2, -0.15) is 4.98 Å². The van der Waals surface area contributed by atoms with Crippen molar-refractivity contribution in [2.45, 2.75) is 78.3 Å². The van der Waals surface area contributed by atoms with Gasteiger partial charge in [0.15, 0.2) is 5.82 Å². The number of aliphatic carboxylic acids is 1. The normalized spacial score (nSPS) is 22.6. The Labute approximate surface area is 247 Å². The average molecular weight is 597 g/mol. The predicted molar refractivity (Wildman–Crippen MR) is 160 cm³/mol. The Kier molecular flexibility index (Phi) is 9.90. The van der Waals surface area contributed by atoms with Crippen molar-refractivity contribution in [1.82, 2.24) is 14.9 Å². The molecule has 39 heavy (non-hydrogen) atoms. The number of aryl methyl sites for hydroxylation is 1. The van der Waals surface area contributed by atoms with Gasteiger partial charge < -0.3 is 20.2 Å². The fraction of sp³-hybridized carbons (Fsp3) is 0.621. The Morgan fingerprint density at radius 3 is 2.51 bits per heavy atom. The third-order valence-electron chi connectivity index (χ3n) is 8.43. The summed E-state index contributed by atoms with van der Waals surface area (Å²) in [6, 6.07) is 5.75. The zero-order valence-electron chi connectivity index (χ0n) is 23.3. The molecular weight excluding hydrogens is 557 g/mol. The highest BCUT2D eigenvalue weighted by Crippen LogP contribution is 2.44. The van der Waals surface area contributed by atoms with Crippen LogP contribution in [-0.2, 0) is 4.79 Å². The van der Waals surface area contributed by atoms with E-state index in [2.05, 4.69) is 22.0 Å². The number of aromatic nitrogens is 2. The van der Waals surface area contributed by atoms with Gasteiger partial charge in [0.05, 0.1) is 17.2 Å². The fourth-order valence-electron chi connectivity index (χ4n) is 5.86. The minimum absolute atomic E-state index is 0.116. The Hall–Kier alpha value is -1.80. The molecule has 1 saturated carbocycles. The lowest BCUT2D eigenvalue weighted by molar-refractivity contribution is -0.157. The lowest BCUT2D eigenvalue weighted by Gasteiger charge is -2.48. The largest absolute Gasteiger partial charge is 0.481 e. The van der Waals surface area contributed by atoms with Gasteiger partial charge in [-0.3, -0.25) is 4.79 Å². The lowest BCUT2D eigenvalue weighted by atomic mass is 9.66. The molecule has 0 unspecified atom stereocenters. The zero-order chi connectivity index (χ0) is 28.3. The number of halogens is 3. The van der Waals surface area contributed by atoms with Crippen molar-refractivity contribution in [3.8, 4) is 0 Å². The van der Waals surface area contributed by atoms with Crippen molar-refractivity contribution >= 4 is 52.5 Å². The van der Waals surface area contributed by atoms with E-state index < -0.39 is 11.4 Å². The first kappa shape index (κ1) is 30.2. The third-order valence-corrected chi connectivity index (χ3v) is 9.44. The first-order chi connectivity index (χ1) is 18.5. The van der Waals surface area contributed by atoms with E-state index in [4.69, 9.17) is 44.8 Å². The topological polar surface area (TPSA) is 81.6 Å². The molecule has 10 heteroatoms. The first-order valence-electron chi connectivity index (χ1n) is 14.0. The molecule has 1 saturated heterocycles. The Morgan fingerprint density at radius 1 is 1.21 bits per heavy atom. The molecular formula is C29H40Cl3N5O2. The molecule has 214 valence electrons. The van der Waals surface area contributed by atoms with Crippen molar-refractivity contribution < 1.29 is 9.90 Å². The average Bonchev–Trinajstić information content (AvgIpc) is 2.87. The second-order valence-corrected chi connectivity index (χ2v) is 12.7. The van der Waals surface area contributed by atoms with Gasteiger partial charge in [0.25, 0.3) is 0 Å². The van der Waals surface area contributed by atoms with Crippen molar-refractivity contribution in [3.63, 3.8) is 0 Å². The summed E-state index contributed by atoms with van der Waals surface area (Å²) in [5.74, 6) is 1.28. The molecule has 2 heterocycles. The van der Waals surface area contributed by atoms with Crippen LogP contribution in [0, 0.1) is 18.3 Å². The summed E-state index contributed by atoms with van der Waals surface area (Å²) in [6.45, 7) is 11.9. The van der Waals surface area contributed by atoms with E-state index in [0.29, 0.717) is 38.8 Å². The van der Waals surface area contributed by atoms with Crippen LogP contribution >= 0.6 is 34.8 Å². The first-order valence-corrected chi connectivity index (χ1v) is 15.1. The van der Waals surface area contributed by atoms with Gasteiger partial charge in [-0.1, -0.05) is 47.8 Å². The molecule has 0 amide bonds. The van der Waals surface area contributed by atoms with Crippen molar-refractivity contribution in [2.75, 3.05) is 36.4 Å². The maximum atomic E-state index is 11.5. The second kappa shape index (κ2) is 12.8. The monoisotopic (exact) mass is 595 g/mol. The number of benzene rings is 1. The van der Waals surface area contributed by atoms with E-state index in [1.807, 2.05) is 32.9 Å². The van der Waals surface area contributed by atoms with Crippen LogP contribution in [0.2, 0.25) is 15.1 Å². The number of carbonyl (C=O) groups is 1. The van der Waals surface area contributed by atoms with E-state index in [1.165, 1.54) is 0 Å². The quantitative estimate of drug-likeness (QED) is 0.278. The molecule has 1 aromatic carbocycles. The molecule has 1 aliphatic carbocycles. The molecule has 1 aromatic heterocycles. The summed E-state index contributed by atoms with van der Waals surface area (Å²) in [4.78, 5) is 25.8. The van der Waals surface area contributed by atoms with Gasteiger partial charge in [-0.15, -0.1) is 0 Å². The molecule has 2 fully saturated rings. The van der Waals surface area contributed by atoms with Crippen LogP contribution < -0.4 is 10.2 Å². The van der Waals surface area contributed by atoms with Gasteiger partial charge in [-0.25, -0.2) is 4.98 Å². The van der Waals surface area contributed by atoms with Crippen molar-refractivity contribution in [2.24, 2.45) is 11.3 Å². The summed E-state index contributed by atoms with van der Waals surface area (Å²) in [5, 5.41) is 14.6. The molecule has 4 rings (SSSR count). The third kappa shape index (κ3) is 7.10. The van der Waals surface area contributed by atoms with Gasteiger partial charge in [0.1, 0.15) is 5.02 Å². The van der Waals surface area contributed by atoms with Crippen molar-refractivity contribution in [1.29, 1.82) is 0 Å². The molecule has 2 aliphatic rings. The van der Waals surface area contributed by atoms with Gasteiger partial charge in [-0.05, 0) is 96.0 Å². The van der Waals surface area contributed by atoms with E-state index in [0.717, 1.165) is 76.0 Å². The Morgan fingerprint density at radius 2 is 1.90 bits per heavy atom. The molecule has 2 aromatic rings. The lowest BCUT2D eigenvalue weighted by Crippen LogP contribution is -2.53. The Bertz CT molecular complexity index is 1170. The highest BCUT2D eigenvalue weighted by molar-refractivity contribution is 6.35. The number of anilines is 2. The number of rotatable bonds is 11. The number of nitrogens with zero attached hydrogens (tertiary/aromatic N) is 4. The predicted octanol–water partition coefficient (Wildman–Crippen LogP) is 7.49. The number of piperidine rings is 1. The zero-order valence-corrected chi connectivity index (χ0v) is 25.6. The van der Waals surface area contributed by atoms with E-state index in [-0.39, 0.29) is 6.04 Å². The minimum Gasteiger partial charge on any atom is -0.481 e. The van der Waals surface area contributed by atoms with Gasteiger partial charge >= 0.3 is 5.97 Å². The number of carboxylic acid groups (broad SMARTS) is 1. The van der Waals surface area contributed by atoms with E-state index in [1.54, 1.807) is 6.07 Å². The molecule has 7 nitrogen and oxygen atoms in total. The van der Waals surface area contributed by atoms with Crippen LogP contribution in [0.15, 0.2) is 18.2 Å². The SMILES string of the molecule is CCCN(CCC1CCN(c2nc(C)c(Cl)c(N[C@H](C)c3ccc(Cl)cc3Cl)n2)CC1)C1CC(C)(C(=O)O)C1. The maximum Gasteiger partial charge on any atom is 0.309 e. The molecule has 0 radical (unpaired) electrons. The number of carboxylic acids is 1. The fourth-order valence-corrected chi connectivity index (χ4v) is 6.58. The molecule has 0 spiro atoms. The summed E-state index contributed by atoms with van der Waals surface area (Å²) in [6.07, 6.45) is 5.91. The second-order valence-electron chi connectivity index (χ2n) is 11.5. The van der Waals surface area contributed by atoms with Gasteiger partial charge in [0.2, 0.25) is 5.95 Å². The Balaban J connectivity index is 1.33. The van der Waals surface area contributed by atoms with Crippen LogP contribution in [0.3, 0.4) is 0 Å². The van der Waals surface area contributed by atoms with E-state index >= 15 is 0 Å². The van der Waals surface area contributed by atoms with Crippen LogP contribution in [0.1, 0.15) is 76.6 Å². The number of hydrogen-bond donors (Lipinski definition) is 2. The van der Waals surface area contributed by atoms with Crippen LogP contribution in [0.5, 0.6) is 0 Å².